The molecule has 7 rings (SSSR count). The van der Waals surface area contributed by atoms with Crippen molar-refractivity contribution in [1.82, 2.24) is 0 Å². The molecule has 9 atom stereocenters. The number of rotatable bonds is 8. The average molecular weight is 753 g/mol. The van der Waals surface area contributed by atoms with Crippen molar-refractivity contribution in [3.8, 4) is 17.2 Å². The predicted molar refractivity (Wildman–Crippen MR) is 181 cm³/mol. The lowest BCUT2D eigenvalue weighted by Gasteiger charge is -2.45. The van der Waals surface area contributed by atoms with Crippen molar-refractivity contribution in [2.75, 3.05) is 13.7 Å². The number of carbonyl (C=O) groups is 4. The Balaban J connectivity index is 1.28. The molecule has 0 radical (unpaired) electrons. The summed E-state index contributed by atoms with van der Waals surface area (Å²) in [4.78, 5) is 53.9. The molecule has 0 spiro atoms. The maximum absolute atomic E-state index is 16.9. The number of aromatic hydroxyl groups is 2. The summed E-state index contributed by atoms with van der Waals surface area (Å²) >= 11 is 0. The van der Waals surface area contributed by atoms with Crippen LogP contribution in [-0.2, 0) is 34.9 Å². The van der Waals surface area contributed by atoms with Crippen LogP contribution >= 0.6 is 0 Å². The van der Waals surface area contributed by atoms with Gasteiger partial charge in [-0.1, -0.05) is 30.3 Å². The lowest BCUT2D eigenvalue weighted by Crippen LogP contribution is -2.60. The van der Waals surface area contributed by atoms with E-state index in [9.17, 15) is 38.9 Å². The highest BCUT2D eigenvalue weighted by atomic mass is 19.1. The van der Waals surface area contributed by atoms with E-state index in [0.717, 1.165) is 6.92 Å². The third-order valence-electron chi connectivity index (χ3n) is 10.5. The van der Waals surface area contributed by atoms with Gasteiger partial charge in [-0.2, -0.15) is 0 Å². The van der Waals surface area contributed by atoms with E-state index >= 15 is 4.39 Å². The molecule has 13 nitrogen and oxygen atoms in total. The quantitative estimate of drug-likeness (QED) is 0.171. The molecule has 2 fully saturated rings. The molecule has 54 heavy (non-hydrogen) atoms. The Hall–Kier alpha value is -4.80. The second-order valence-corrected chi connectivity index (χ2v) is 13.9. The number of ether oxygens (including phenoxy) is 6. The van der Waals surface area contributed by atoms with Gasteiger partial charge in [0.15, 0.2) is 42.6 Å². The Bertz CT molecular complexity index is 2000. The number of carbonyl (C=O) groups excluding carboxylic acids is 4. The summed E-state index contributed by atoms with van der Waals surface area (Å²) in [7, 11) is 1.29. The van der Waals surface area contributed by atoms with E-state index in [-0.39, 0.29) is 46.6 Å². The van der Waals surface area contributed by atoms with E-state index in [2.05, 4.69) is 0 Å². The lowest BCUT2D eigenvalue weighted by atomic mass is 9.72. The molecule has 2 aliphatic heterocycles. The zero-order valence-corrected chi connectivity index (χ0v) is 29.5. The van der Waals surface area contributed by atoms with Crippen molar-refractivity contribution >= 4 is 23.3 Å². The Kier molecular flexibility index (Phi) is 10.0. The fraction of sp³-hybridized carbons (Fsp3) is 0.436. The fourth-order valence-electron chi connectivity index (χ4n) is 7.62. The van der Waals surface area contributed by atoms with Crippen LogP contribution in [0.3, 0.4) is 0 Å². The third kappa shape index (κ3) is 6.33. The normalized spacial score (nSPS) is 30.5. The van der Waals surface area contributed by atoms with Crippen molar-refractivity contribution < 1.29 is 71.7 Å². The number of hydrogen-bond acceptors (Lipinski definition) is 13. The number of benzene rings is 3. The van der Waals surface area contributed by atoms with Gasteiger partial charge < -0.3 is 43.7 Å². The van der Waals surface area contributed by atoms with Crippen molar-refractivity contribution in [2.24, 2.45) is 0 Å². The Morgan fingerprint density at radius 2 is 1.63 bits per heavy atom. The summed E-state index contributed by atoms with van der Waals surface area (Å²) in [6, 6.07) is 12.0. The van der Waals surface area contributed by atoms with Crippen molar-refractivity contribution in [3.05, 3.63) is 87.5 Å². The van der Waals surface area contributed by atoms with Gasteiger partial charge in [0.2, 0.25) is 5.78 Å². The minimum absolute atomic E-state index is 0.0299. The average Bonchev–Trinajstić information content (AvgIpc) is 3.15. The lowest BCUT2D eigenvalue weighted by molar-refractivity contribution is -0.326. The van der Waals surface area contributed by atoms with Crippen LogP contribution in [0.25, 0.3) is 0 Å². The van der Waals surface area contributed by atoms with Crippen LogP contribution < -0.4 is 4.74 Å². The predicted octanol–water partition coefficient (Wildman–Crippen LogP) is 4.37. The minimum atomic E-state index is -2.37. The summed E-state index contributed by atoms with van der Waals surface area (Å²) in [6.07, 6.45) is -14.0. The number of methoxy groups -OCH3 is 1. The van der Waals surface area contributed by atoms with Crippen LogP contribution in [0.2, 0.25) is 0 Å². The molecule has 2 saturated heterocycles. The number of phenolic OH excluding ortho intramolecular Hbond substituents is 2. The molecular weight excluding hydrogens is 714 g/mol. The number of aliphatic hydroxyl groups is 1. The number of phenols is 2. The van der Waals surface area contributed by atoms with Gasteiger partial charge in [-0.15, -0.1) is 0 Å². The van der Waals surface area contributed by atoms with Crippen LogP contribution in [-0.4, -0.2) is 101 Å². The van der Waals surface area contributed by atoms with Gasteiger partial charge in [0.25, 0.3) is 0 Å². The van der Waals surface area contributed by atoms with Gasteiger partial charge in [-0.05, 0) is 44.9 Å². The maximum Gasteiger partial charge on any atom is 0.338 e. The van der Waals surface area contributed by atoms with E-state index in [1.807, 2.05) is 0 Å². The summed E-state index contributed by atoms with van der Waals surface area (Å²) in [6.45, 7) is 2.71. The number of fused-ring (bicyclic) bond motifs is 3. The van der Waals surface area contributed by atoms with E-state index in [1.165, 1.54) is 44.4 Å². The second kappa shape index (κ2) is 14.5. The van der Waals surface area contributed by atoms with E-state index in [0.29, 0.717) is 6.42 Å². The molecule has 4 unspecified atom stereocenters. The van der Waals surface area contributed by atoms with Crippen molar-refractivity contribution in [3.63, 3.8) is 0 Å². The molecule has 15 heteroatoms. The first-order valence-corrected chi connectivity index (χ1v) is 17.5. The maximum atomic E-state index is 16.9. The largest absolute Gasteiger partial charge is 0.507 e. The Morgan fingerprint density at radius 1 is 0.907 bits per heavy atom. The third-order valence-corrected chi connectivity index (χ3v) is 10.5. The minimum Gasteiger partial charge on any atom is -0.507 e. The first-order chi connectivity index (χ1) is 25.7. The number of hydrogen-bond donors (Lipinski definition) is 3. The molecule has 3 aromatic rings. The van der Waals surface area contributed by atoms with Crippen molar-refractivity contribution in [1.29, 1.82) is 0 Å². The highest BCUT2D eigenvalue weighted by Crippen LogP contribution is 2.53. The molecule has 0 amide bonds. The van der Waals surface area contributed by atoms with Gasteiger partial charge in [-0.25, -0.2) is 13.6 Å². The van der Waals surface area contributed by atoms with Gasteiger partial charge in [-0.3, -0.25) is 14.4 Å². The van der Waals surface area contributed by atoms with E-state index in [4.69, 9.17) is 28.4 Å². The molecular formula is C39H38F2O13. The number of ketones is 3. The van der Waals surface area contributed by atoms with Gasteiger partial charge in [0.1, 0.15) is 29.0 Å². The highest BCUT2D eigenvalue weighted by molar-refractivity contribution is 6.31. The zero-order chi connectivity index (χ0) is 38.6. The second-order valence-electron chi connectivity index (χ2n) is 13.9. The van der Waals surface area contributed by atoms with Crippen LogP contribution in [0.1, 0.15) is 92.5 Å². The summed E-state index contributed by atoms with van der Waals surface area (Å²) in [5.74, 6) is -4.97. The molecule has 0 saturated carbocycles. The zero-order valence-electron chi connectivity index (χ0n) is 29.5. The monoisotopic (exact) mass is 752 g/mol. The van der Waals surface area contributed by atoms with Crippen LogP contribution in [0.15, 0.2) is 48.5 Å². The van der Waals surface area contributed by atoms with Crippen LogP contribution in [0.4, 0.5) is 8.78 Å². The number of esters is 1. The topological polar surface area (TPSA) is 184 Å². The molecule has 286 valence electrons. The fourth-order valence-corrected chi connectivity index (χ4v) is 7.62. The van der Waals surface area contributed by atoms with Gasteiger partial charge >= 0.3 is 5.97 Å². The number of alkyl halides is 2. The van der Waals surface area contributed by atoms with E-state index < -0.39 is 114 Å². The molecule has 4 aliphatic rings. The first-order valence-electron chi connectivity index (χ1n) is 17.5. The number of Topliss-reactive ketones (excluding diaryl/α,β-unsaturated/α-hetero) is 1. The summed E-state index contributed by atoms with van der Waals surface area (Å²) in [5.41, 5.74) is -4.18. The first kappa shape index (κ1) is 37.5. The Morgan fingerprint density at radius 3 is 2.31 bits per heavy atom. The molecule has 0 aromatic heterocycles. The summed E-state index contributed by atoms with van der Waals surface area (Å²) in [5, 5.41) is 35.0. The van der Waals surface area contributed by atoms with Gasteiger partial charge in [0, 0.05) is 36.1 Å². The van der Waals surface area contributed by atoms with Crippen LogP contribution in [0, 0.1) is 0 Å². The molecule has 3 N–H and O–H groups in total. The molecule has 0 bridgehead atoms. The Labute approximate surface area is 307 Å². The molecule has 2 aliphatic carbocycles. The molecule has 2 heterocycles. The number of halogens is 2. The SMILES string of the molecule is COc1cccc2c1C(=O)c1c(O)c3c(c(O)c1C2=O)CC(O)(C(C)=O)CC3O[C@@H]1O[C@@H](C)[C@@H](OC2OCCCC2F)[C@@H](OC(=O)c2ccccc2)[C@H]1F. The van der Waals surface area contributed by atoms with E-state index in [1.54, 1.807) is 18.2 Å². The highest BCUT2D eigenvalue weighted by Gasteiger charge is 2.54. The summed E-state index contributed by atoms with van der Waals surface area (Å²) < 4.78 is 66.0. The smallest absolute Gasteiger partial charge is 0.338 e. The molecule has 3 aromatic carbocycles. The van der Waals surface area contributed by atoms with Crippen LogP contribution in [0.5, 0.6) is 17.2 Å². The van der Waals surface area contributed by atoms with Crippen molar-refractivity contribution in [2.45, 2.75) is 94.5 Å². The standard InChI is InChI=1S/C39H38F2O13/c1-17-34(54-37-22(40)12-8-14-50-37)35(53-36(47)19-9-5-4-6-10-19)29(41)38(51-17)52-24-16-39(48,18(2)42)15-21-26(24)33(46)28-27(31(21)44)30(43)20-11-7-13-23(49-3)25(20)32(28)45/h4-7,9-11,13,17,22,24,29,34-35,37-38,44,46,48H,8,12,14-16H2,1-3H3/t17-,22?,24?,29+,34+,35-,37?,38-,39?/m0/s1. The van der Waals surface area contributed by atoms with Gasteiger partial charge in [0.05, 0.1) is 41.6 Å².